The van der Waals surface area contributed by atoms with Crippen molar-refractivity contribution in [3.8, 4) is 5.75 Å². The first kappa shape index (κ1) is 16.2. The normalized spacial score (nSPS) is 10.9. The number of hydrogen-bond donors (Lipinski definition) is 1. The molecule has 0 fully saturated rings. The molecule has 3 rings (SSSR count). The number of hydrazone groups is 1. The average molecular weight is 383 g/mol. The fraction of sp³-hybridized carbons (Fsp3) is 0.0526. The van der Waals surface area contributed by atoms with Gasteiger partial charge in [-0.25, -0.2) is 5.43 Å². The van der Waals surface area contributed by atoms with Crippen molar-refractivity contribution in [3.63, 3.8) is 0 Å². The van der Waals surface area contributed by atoms with E-state index in [1.165, 1.54) is 0 Å². The Morgan fingerprint density at radius 3 is 2.42 bits per heavy atom. The van der Waals surface area contributed by atoms with E-state index in [0.717, 1.165) is 20.8 Å². The standard InChI is InChI=1S/C19H15BrN2O2/c1-24-18-11-15-5-3-2-4-14(15)10-17(18)19(23)22-21-12-13-6-8-16(20)9-7-13/h2-12H,1H3,(H,22,23)/b21-12+. The van der Waals surface area contributed by atoms with Crippen molar-refractivity contribution < 1.29 is 9.53 Å². The topological polar surface area (TPSA) is 50.7 Å². The summed E-state index contributed by atoms with van der Waals surface area (Å²) < 4.78 is 6.32. The average Bonchev–Trinajstić information content (AvgIpc) is 2.62. The number of carbonyl (C=O) groups excluding carboxylic acids is 1. The highest BCUT2D eigenvalue weighted by Gasteiger charge is 2.13. The van der Waals surface area contributed by atoms with Crippen LogP contribution in [0.15, 0.2) is 70.2 Å². The molecule has 0 unspecified atom stereocenters. The predicted octanol–water partition coefficient (Wildman–Crippen LogP) is 4.37. The zero-order chi connectivity index (χ0) is 16.9. The molecule has 0 saturated carbocycles. The van der Waals surface area contributed by atoms with Crippen molar-refractivity contribution in [2.24, 2.45) is 5.10 Å². The monoisotopic (exact) mass is 382 g/mol. The first-order chi connectivity index (χ1) is 11.7. The number of halogens is 1. The summed E-state index contributed by atoms with van der Waals surface area (Å²) in [7, 11) is 1.55. The van der Waals surface area contributed by atoms with Crippen LogP contribution in [-0.2, 0) is 0 Å². The minimum absolute atomic E-state index is 0.314. The highest BCUT2D eigenvalue weighted by atomic mass is 79.9. The highest BCUT2D eigenvalue weighted by molar-refractivity contribution is 9.10. The number of ether oxygens (including phenoxy) is 1. The molecule has 24 heavy (non-hydrogen) atoms. The molecule has 0 saturated heterocycles. The van der Waals surface area contributed by atoms with Gasteiger partial charge in [0.2, 0.25) is 0 Å². The van der Waals surface area contributed by atoms with E-state index < -0.39 is 0 Å². The van der Waals surface area contributed by atoms with Gasteiger partial charge >= 0.3 is 0 Å². The van der Waals surface area contributed by atoms with Gasteiger partial charge in [0.25, 0.3) is 5.91 Å². The number of rotatable bonds is 4. The van der Waals surface area contributed by atoms with Crippen molar-refractivity contribution >= 4 is 38.8 Å². The molecular formula is C19H15BrN2O2. The van der Waals surface area contributed by atoms with Crippen molar-refractivity contribution in [3.05, 3.63) is 76.3 Å². The maximum absolute atomic E-state index is 12.4. The lowest BCUT2D eigenvalue weighted by molar-refractivity contribution is 0.0952. The third-order valence-electron chi connectivity index (χ3n) is 3.56. The number of fused-ring (bicyclic) bond motifs is 1. The lowest BCUT2D eigenvalue weighted by Crippen LogP contribution is -2.18. The molecular weight excluding hydrogens is 368 g/mol. The predicted molar refractivity (Wildman–Crippen MR) is 99.7 cm³/mol. The van der Waals surface area contributed by atoms with Crippen LogP contribution in [0.2, 0.25) is 0 Å². The molecule has 0 spiro atoms. The second-order valence-electron chi connectivity index (χ2n) is 5.15. The largest absolute Gasteiger partial charge is 0.496 e. The molecule has 0 aliphatic carbocycles. The molecule has 3 aromatic carbocycles. The number of methoxy groups -OCH3 is 1. The maximum Gasteiger partial charge on any atom is 0.275 e. The van der Waals surface area contributed by atoms with Crippen molar-refractivity contribution in [1.29, 1.82) is 0 Å². The Balaban J connectivity index is 1.81. The first-order valence-electron chi connectivity index (χ1n) is 7.33. The van der Waals surface area contributed by atoms with Crippen molar-refractivity contribution in [2.45, 2.75) is 0 Å². The molecule has 0 aliphatic rings. The van der Waals surface area contributed by atoms with Crippen molar-refractivity contribution in [1.82, 2.24) is 5.43 Å². The highest BCUT2D eigenvalue weighted by Crippen LogP contribution is 2.25. The summed E-state index contributed by atoms with van der Waals surface area (Å²) in [4.78, 5) is 12.4. The van der Waals surface area contributed by atoms with Gasteiger partial charge in [-0.05, 0) is 40.6 Å². The summed E-state index contributed by atoms with van der Waals surface area (Å²) in [5.74, 6) is 0.205. The van der Waals surface area contributed by atoms with Crippen molar-refractivity contribution in [2.75, 3.05) is 7.11 Å². The molecule has 0 aliphatic heterocycles. The Kier molecular flexibility index (Phi) is 4.91. The van der Waals surface area contributed by atoms with Crippen LogP contribution in [0, 0.1) is 0 Å². The molecule has 1 amide bonds. The van der Waals surface area contributed by atoms with Crippen LogP contribution in [0.3, 0.4) is 0 Å². The number of nitrogens with one attached hydrogen (secondary N) is 1. The van der Waals surface area contributed by atoms with Gasteiger partial charge in [-0.3, -0.25) is 4.79 Å². The third-order valence-corrected chi connectivity index (χ3v) is 4.09. The van der Waals surface area contributed by atoms with E-state index >= 15 is 0 Å². The van der Waals surface area contributed by atoms with E-state index in [-0.39, 0.29) is 5.91 Å². The molecule has 0 atom stereocenters. The second kappa shape index (κ2) is 7.27. The molecule has 0 heterocycles. The maximum atomic E-state index is 12.4. The molecule has 120 valence electrons. The summed E-state index contributed by atoms with van der Waals surface area (Å²) in [5, 5.41) is 6.00. The molecule has 4 nitrogen and oxygen atoms in total. The van der Waals surface area contributed by atoms with Crippen LogP contribution in [0.25, 0.3) is 10.8 Å². The molecule has 0 bridgehead atoms. The van der Waals surface area contributed by atoms with Crippen LogP contribution in [-0.4, -0.2) is 19.2 Å². The Morgan fingerprint density at radius 2 is 1.75 bits per heavy atom. The summed E-state index contributed by atoms with van der Waals surface area (Å²) >= 11 is 3.37. The number of carbonyl (C=O) groups is 1. The Hall–Kier alpha value is -2.66. The van der Waals surface area contributed by atoms with E-state index in [4.69, 9.17) is 4.74 Å². The molecule has 0 aromatic heterocycles. The van der Waals surface area contributed by atoms with E-state index in [2.05, 4.69) is 26.5 Å². The molecule has 5 heteroatoms. The van der Waals surface area contributed by atoms with Gasteiger partial charge in [0.05, 0.1) is 18.9 Å². The summed E-state index contributed by atoms with van der Waals surface area (Å²) in [6.07, 6.45) is 1.60. The van der Waals surface area contributed by atoms with Gasteiger partial charge in [-0.1, -0.05) is 52.3 Å². The van der Waals surface area contributed by atoms with Gasteiger partial charge in [0.15, 0.2) is 0 Å². The third kappa shape index (κ3) is 3.63. The van der Waals surface area contributed by atoms with Crippen LogP contribution in [0.5, 0.6) is 5.75 Å². The summed E-state index contributed by atoms with van der Waals surface area (Å²) in [5.41, 5.74) is 3.88. The van der Waals surface area contributed by atoms with Gasteiger partial charge < -0.3 is 4.74 Å². The van der Waals surface area contributed by atoms with Gasteiger partial charge in [0, 0.05) is 4.47 Å². The second-order valence-corrected chi connectivity index (χ2v) is 6.07. The van der Waals surface area contributed by atoms with Gasteiger partial charge in [0.1, 0.15) is 5.75 Å². The summed E-state index contributed by atoms with van der Waals surface area (Å²) in [6.45, 7) is 0. The minimum Gasteiger partial charge on any atom is -0.496 e. The van der Waals surface area contributed by atoms with E-state index in [9.17, 15) is 4.79 Å². The minimum atomic E-state index is -0.314. The van der Waals surface area contributed by atoms with E-state index in [1.807, 2.05) is 54.6 Å². The smallest absolute Gasteiger partial charge is 0.275 e. The van der Waals surface area contributed by atoms with E-state index in [1.54, 1.807) is 19.4 Å². The molecule has 1 N–H and O–H groups in total. The Morgan fingerprint density at radius 1 is 1.08 bits per heavy atom. The molecule has 3 aromatic rings. The zero-order valence-electron chi connectivity index (χ0n) is 13.0. The van der Waals surface area contributed by atoms with Gasteiger partial charge in [-0.2, -0.15) is 5.10 Å². The number of hydrogen-bond acceptors (Lipinski definition) is 3. The Labute approximate surface area is 148 Å². The number of amides is 1. The Bertz CT molecular complexity index is 905. The van der Waals surface area contributed by atoms with Crippen LogP contribution in [0.1, 0.15) is 15.9 Å². The first-order valence-corrected chi connectivity index (χ1v) is 8.12. The lowest BCUT2D eigenvalue weighted by Gasteiger charge is -2.09. The SMILES string of the molecule is COc1cc2ccccc2cc1C(=O)N/N=C/c1ccc(Br)cc1. The van der Waals surface area contributed by atoms with Crippen LogP contribution < -0.4 is 10.2 Å². The lowest BCUT2D eigenvalue weighted by atomic mass is 10.1. The zero-order valence-corrected chi connectivity index (χ0v) is 14.6. The number of nitrogens with zero attached hydrogens (tertiary/aromatic N) is 1. The van der Waals surface area contributed by atoms with Gasteiger partial charge in [-0.15, -0.1) is 0 Å². The van der Waals surface area contributed by atoms with Crippen LogP contribution in [0.4, 0.5) is 0 Å². The fourth-order valence-corrected chi connectivity index (χ4v) is 2.60. The fourth-order valence-electron chi connectivity index (χ4n) is 2.34. The quantitative estimate of drug-likeness (QED) is 0.537. The summed E-state index contributed by atoms with van der Waals surface area (Å²) in [6, 6.07) is 19.1. The van der Waals surface area contributed by atoms with Crippen LogP contribution >= 0.6 is 15.9 Å². The molecule has 0 radical (unpaired) electrons. The number of benzene rings is 3. The van der Waals surface area contributed by atoms with E-state index in [0.29, 0.717) is 11.3 Å².